The number of amides is 1. The number of nitrogens with zero attached hydrogens (tertiary/aromatic N) is 1. The molecular formula is C12H13NO5. The number of aliphatic carboxylic acids is 1. The van der Waals surface area contributed by atoms with Gasteiger partial charge < -0.3 is 19.8 Å². The topological polar surface area (TPSA) is 87.1 Å². The predicted molar refractivity (Wildman–Crippen MR) is 60.9 cm³/mol. The molecule has 18 heavy (non-hydrogen) atoms. The molecule has 0 saturated carbocycles. The minimum absolute atomic E-state index is 0.000836. The largest absolute Gasteiger partial charge is 0.508 e. The van der Waals surface area contributed by atoms with Crippen LogP contribution in [-0.2, 0) is 20.9 Å². The van der Waals surface area contributed by atoms with Gasteiger partial charge in [-0.2, -0.15) is 0 Å². The first kappa shape index (κ1) is 12.4. The molecule has 2 rings (SSSR count). The van der Waals surface area contributed by atoms with Crippen molar-refractivity contribution < 1.29 is 24.5 Å². The van der Waals surface area contributed by atoms with Crippen molar-refractivity contribution in [3.05, 3.63) is 29.8 Å². The molecule has 1 aromatic rings. The molecule has 1 aliphatic rings. The van der Waals surface area contributed by atoms with Crippen LogP contribution < -0.4 is 0 Å². The first-order chi connectivity index (χ1) is 8.58. The number of phenolic OH excluding ortho intramolecular Hbond substituents is 1. The molecular weight excluding hydrogens is 238 g/mol. The van der Waals surface area contributed by atoms with Gasteiger partial charge in [-0.05, 0) is 17.7 Å². The van der Waals surface area contributed by atoms with Gasteiger partial charge in [-0.3, -0.25) is 4.79 Å². The average molecular weight is 251 g/mol. The summed E-state index contributed by atoms with van der Waals surface area (Å²) >= 11 is 0. The molecule has 1 unspecified atom stereocenters. The Morgan fingerprint density at radius 2 is 2.06 bits per heavy atom. The minimum Gasteiger partial charge on any atom is -0.508 e. The van der Waals surface area contributed by atoms with Gasteiger partial charge in [0.05, 0.1) is 6.61 Å². The van der Waals surface area contributed by atoms with E-state index >= 15 is 0 Å². The van der Waals surface area contributed by atoms with E-state index in [9.17, 15) is 9.59 Å². The lowest BCUT2D eigenvalue weighted by Gasteiger charge is -2.32. The third-order valence-corrected chi connectivity index (χ3v) is 2.77. The summed E-state index contributed by atoms with van der Waals surface area (Å²) in [5.74, 6) is -1.30. The minimum atomic E-state index is -1.08. The van der Waals surface area contributed by atoms with Crippen LogP contribution in [0.4, 0.5) is 0 Å². The molecule has 1 saturated heterocycles. The molecule has 1 fully saturated rings. The molecule has 2 N–H and O–H groups in total. The lowest BCUT2D eigenvalue weighted by molar-refractivity contribution is -0.163. The Morgan fingerprint density at radius 1 is 1.39 bits per heavy atom. The smallest absolute Gasteiger partial charge is 0.328 e. The Balaban J connectivity index is 2.15. The lowest BCUT2D eigenvalue weighted by Crippen LogP contribution is -2.52. The fourth-order valence-electron chi connectivity index (χ4n) is 1.81. The predicted octanol–water partition coefficient (Wildman–Crippen LogP) is 0.204. The maximum absolute atomic E-state index is 11.7. The lowest BCUT2D eigenvalue weighted by atomic mass is 10.1. The van der Waals surface area contributed by atoms with Gasteiger partial charge in [0.25, 0.3) is 0 Å². The Bertz CT molecular complexity index is 456. The van der Waals surface area contributed by atoms with Gasteiger partial charge in [0, 0.05) is 6.54 Å². The van der Waals surface area contributed by atoms with E-state index in [1.807, 2.05) is 0 Å². The Kier molecular flexibility index (Phi) is 3.47. The highest BCUT2D eigenvalue weighted by Crippen LogP contribution is 2.16. The van der Waals surface area contributed by atoms with Gasteiger partial charge >= 0.3 is 5.97 Å². The number of carbonyl (C=O) groups excluding carboxylic acids is 1. The SMILES string of the molecule is O=C(O)C1COCC(=O)N1Cc1ccc(O)cc1. The number of benzene rings is 1. The molecule has 1 amide bonds. The van der Waals surface area contributed by atoms with Crippen molar-refractivity contribution in [1.82, 2.24) is 4.90 Å². The third kappa shape index (κ3) is 2.60. The van der Waals surface area contributed by atoms with Gasteiger partial charge in [-0.25, -0.2) is 4.79 Å². The molecule has 0 radical (unpaired) electrons. The molecule has 1 atom stereocenters. The van der Waals surface area contributed by atoms with Crippen LogP contribution in [0, 0.1) is 0 Å². The molecule has 0 aliphatic carbocycles. The van der Waals surface area contributed by atoms with E-state index in [1.54, 1.807) is 12.1 Å². The summed E-state index contributed by atoms with van der Waals surface area (Å²) in [5.41, 5.74) is 0.759. The van der Waals surface area contributed by atoms with Crippen LogP contribution >= 0.6 is 0 Å². The zero-order valence-electron chi connectivity index (χ0n) is 9.57. The monoisotopic (exact) mass is 251 g/mol. The molecule has 0 bridgehead atoms. The number of phenols is 1. The van der Waals surface area contributed by atoms with E-state index in [-0.39, 0.29) is 31.4 Å². The molecule has 1 aliphatic heterocycles. The summed E-state index contributed by atoms with van der Waals surface area (Å²) in [6.45, 7) is 0.0977. The van der Waals surface area contributed by atoms with Gasteiger partial charge in [-0.1, -0.05) is 12.1 Å². The molecule has 6 nitrogen and oxygen atoms in total. The molecule has 96 valence electrons. The quantitative estimate of drug-likeness (QED) is 0.801. The standard InChI is InChI=1S/C12H13NO5/c14-9-3-1-8(2-4-9)5-13-10(12(16)17)6-18-7-11(13)15/h1-4,10,14H,5-7H2,(H,16,17). The highest BCUT2D eigenvalue weighted by molar-refractivity contribution is 5.85. The van der Waals surface area contributed by atoms with E-state index in [0.29, 0.717) is 0 Å². The summed E-state index contributed by atoms with van der Waals surface area (Å²) in [6, 6.07) is 5.33. The fraction of sp³-hybridized carbons (Fsp3) is 0.333. The first-order valence-electron chi connectivity index (χ1n) is 5.46. The number of hydrogen-bond donors (Lipinski definition) is 2. The Hall–Kier alpha value is -2.08. The number of carbonyl (C=O) groups is 2. The van der Waals surface area contributed by atoms with Crippen LogP contribution in [0.25, 0.3) is 0 Å². The zero-order chi connectivity index (χ0) is 13.1. The van der Waals surface area contributed by atoms with Crippen molar-refractivity contribution >= 4 is 11.9 Å². The fourth-order valence-corrected chi connectivity index (χ4v) is 1.81. The van der Waals surface area contributed by atoms with Gasteiger partial charge in [0.1, 0.15) is 12.4 Å². The highest BCUT2D eigenvalue weighted by Gasteiger charge is 2.33. The summed E-state index contributed by atoms with van der Waals surface area (Å²) in [7, 11) is 0. The Morgan fingerprint density at radius 3 is 2.67 bits per heavy atom. The van der Waals surface area contributed by atoms with Gasteiger partial charge in [0.2, 0.25) is 5.91 Å². The van der Waals surface area contributed by atoms with Crippen molar-refractivity contribution in [2.24, 2.45) is 0 Å². The average Bonchev–Trinajstić information content (AvgIpc) is 2.34. The molecule has 6 heteroatoms. The second-order valence-electron chi connectivity index (χ2n) is 4.06. The third-order valence-electron chi connectivity index (χ3n) is 2.77. The number of aromatic hydroxyl groups is 1. The number of rotatable bonds is 3. The summed E-state index contributed by atoms with van der Waals surface area (Å²) < 4.78 is 4.93. The highest BCUT2D eigenvalue weighted by atomic mass is 16.5. The maximum atomic E-state index is 11.7. The van der Waals surface area contributed by atoms with Crippen molar-refractivity contribution in [2.45, 2.75) is 12.6 Å². The first-order valence-corrected chi connectivity index (χ1v) is 5.46. The van der Waals surface area contributed by atoms with Crippen LogP contribution in [0.2, 0.25) is 0 Å². The van der Waals surface area contributed by atoms with Crippen molar-refractivity contribution in [3.63, 3.8) is 0 Å². The molecule has 0 aromatic heterocycles. The second-order valence-corrected chi connectivity index (χ2v) is 4.06. The molecule has 1 aromatic carbocycles. The van der Waals surface area contributed by atoms with E-state index in [4.69, 9.17) is 14.9 Å². The van der Waals surface area contributed by atoms with Crippen LogP contribution in [0.3, 0.4) is 0 Å². The van der Waals surface area contributed by atoms with E-state index in [1.165, 1.54) is 17.0 Å². The maximum Gasteiger partial charge on any atom is 0.328 e. The van der Waals surface area contributed by atoms with Crippen molar-refractivity contribution in [1.29, 1.82) is 0 Å². The van der Waals surface area contributed by atoms with Crippen LogP contribution in [0.15, 0.2) is 24.3 Å². The number of carboxylic acids is 1. The van der Waals surface area contributed by atoms with Crippen LogP contribution in [0.1, 0.15) is 5.56 Å². The van der Waals surface area contributed by atoms with Crippen molar-refractivity contribution in [3.8, 4) is 5.75 Å². The number of ether oxygens (including phenoxy) is 1. The van der Waals surface area contributed by atoms with E-state index in [2.05, 4.69) is 0 Å². The van der Waals surface area contributed by atoms with E-state index in [0.717, 1.165) is 5.56 Å². The normalized spacial score (nSPS) is 19.9. The van der Waals surface area contributed by atoms with Gasteiger partial charge in [0.15, 0.2) is 6.04 Å². The summed E-state index contributed by atoms with van der Waals surface area (Å²) in [5, 5.41) is 18.2. The zero-order valence-corrected chi connectivity index (χ0v) is 9.57. The van der Waals surface area contributed by atoms with Crippen LogP contribution in [0.5, 0.6) is 5.75 Å². The van der Waals surface area contributed by atoms with Crippen LogP contribution in [-0.4, -0.2) is 46.2 Å². The molecule has 0 spiro atoms. The second kappa shape index (κ2) is 5.05. The van der Waals surface area contributed by atoms with Crippen molar-refractivity contribution in [2.75, 3.05) is 13.2 Å². The summed E-state index contributed by atoms with van der Waals surface area (Å²) in [4.78, 5) is 24.0. The molecule has 1 heterocycles. The summed E-state index contributed by atoms with van der Waals surface area (Å²) in [6.07, 6.45) is 0. The number of hydrogen-bond acceptors (Lipinski definition) is 4. The number of carboxylic acid groups (broad SMARTS) is 1. The van der Waals surface area contributed by atoms with Gasteiger partial charge in [-0.15, -0.1) is 0 Å². The van der Waals surface area contributed by atoms with E-state index < -0.39 is 12.0 Å². The Labute approximate surface area is 103 Å². The number of morpholine rings is 1.